The minimum Gasteiger partial charge on any atom is -0.465 e. The van der Waals surface area contributed by atoms with E-state index in [0.717, 1.165) is 12.8 Å². The van der Waals surface area contributed by atoms with E-state index in [1.165, 1.54) is 4.90 Å². The van der Waals surface area contributed by atoms with Gasteiger partial charge in [0.2, 0.25) is 0 Å². The number of piperazine rings is 1. The third-order valence-corrected chi connectivity index (χ3v) is 4.70. The first-order valence-electron chi connectivity index (χ1n) is 10.4. The van der Waals surface area contributed by atoms with Gasteiger partial charge in [-0.05, 0) is 60.8 Å². The van der Waals surface area contributed by atoms with Crippen LogP contribution in [0.3, 0.4) is 0 Å². The van der Waals surface area contributed by atoms with Crippen molar-refractivity contribution < 1.29 is 33.7 Å². The molecule has 1 aliphatic carbocycles. The Morgan fingerprint density at radius 2 is 1.73 bits per heavy atom. The van der Waals surface area contributed by atoms with Crippen molar-refractivity contribution in [2.75, 3.05) is 13.2 Å². The number of allylic oxidation sites excluding steroid dienone is 1. The molecule has 1 saturated heterocycles. The lowest BCUT2D eigenvalue weighted by molar-refractivity contribution is -0.0180. The average molecular weight is 427 g/mol. The lowest BCUT2D eigenvalue weighted by atomic mass is 9.92. The molecule has 0 aromatic heterocycles. The van der Waals surface area contributed by atoms with Gasteiger partial charge in [-0.2, -0.15) is 0 Å². The van der Waals surface area contributed by atoms with Crippen molar-refractivity contribution in [3.05, 3.63) is 11.8 Å². The summed E-state index contributed by atoms with van der Waals surface area (Å²) in [6.07, 6.45) is 2.08. The molecule has 9 nitrogen and oxygen atoms in total. The molecule has 2 amide bonds. The Morgan fingerprint density at radius 3 is 2.30 bits per heavy atom. The largest absolute Gasteiger partial charge is 0.508 e. The second-order valence-electron chi connectivity index (χ2n) is 9.62. The van der Waals surface area contributed by atoms with Gasteiger partial charge >= 0.3 is 18.3 Å². The molecule has 1 fully saturated rings. The monoisotopic (exact) mass is 426 g/mol. The molecule has 1 heterocycles. The summed E-state index contributed by atoms with van der Waals surface area (Å²) in [5, 5.41) is 9.71. The highest BCUT2D eigenvalue weighted by Gasteiger charge is 2.44. The van der Waals surface area contributed by atoms with Gasteiger partial charge in [0.1, 0.15) is 11.2 Å². The zero-order valence-electron chi connectivity index (χ0n) is 18.8. The van der Waals surface area contributed by atoms with Gasteiger partial charge in [0.05, 0.1) is 18.7 Å². The number of fused-ring (bicyclic) bond motifs is 1. The third-order valence-electron chi connectivity index (χ3n) is 4.70. The molecule has 1 N–H and O–H groups in total. The van der Waals surface area contributed by atoms with E-state index in [1.54, 1.807) is 46.4 Å². The average Bonchev–Trinajstić information content (AvgIpc) is 2.57. The van der Waals surface area contributed by atoms with Gasteiger partial charge in [0, 0.05) is 18.7 Å². The maximum absolute atomic E-state index is 13.0. The number of carbonyl (C=O) groups excluding carboxylic acids is 2. The predicted octanol–water partition coefficient (Wildman–Crippen LogP) is 4.36. The zero-order chi connectivity index (χ0) is 22.7. The topological polar surface area (TPSA) is 106 Å². The van der Waals surface area contributed by atoms with Crippen LogP contribution in [0.1, 0.15) is 67.2 Å². The summed E-state index contributed by atoms with van der Waals surface area (Å²) in [5.74, 6) is 0. The second kappa shape index (κ2) is 9.14. The lowest BCUT2D eigenvalue weighted by Crippen LogP contribution is -2.60. The predicted molar refractivity (Wildman–Crippen MR) is 109 cm³/mol. The summed E-state index contributed by atoms with van der Waals surface area (Å²) < 4.78 is 15.9. The molecule has 2 unspecified atom stereocenters. The van der Waals surface area contributed by atoms with Crippen LogP contribution in [0.5, 0.6) is 0 Å². The Hall–Kier alpha value is -2.45. The molecule has 1 aliphatic heterocycles. The zero-order valence-corrected chi connectivity index (χ0v) is 18.8. The molecule has 0 aromatic rings. The van der Waals surface area contributed by atoms with E-state index in [-0.39, 0.29) is 25.6 Å². The van der Waals surface area contributed by atoms with Crippen LogP contribution < -0.4 is 0 Å². The van der Waals surface area contributed by atoms with Gasteiger partial charge in [0.25, 0.3) is 0 Å². The molecular weight excluding hydrogens is 392 g/mol. The first-order valence-corrected chi connectivity index (χ1v) is 10.4. The molecule has 0 spiro atoms. The quantitative estimate of drug-likeness (QED) is 0.668. The van der Waals surface area contributed by atoms with Crippen LogP contribution in [0.4, 0.5) is 14.4 Å². The molecule has 0 saturated carbocycles. The van der Waals surface area contributed by atoms with E-state index in [9.17, 15) is 19.5 Å². The fourth-order valence-corrected chi connectivity index (χ4v) is 3.62. The van der Waals surface area contributed by atoms with Crippen molar-refractivity contribution in [3.63, 3.8) is 0 Å². The number of hydrogen-bond acceptors (Lipinski definition) is 6. The number of rotatable bonds is 3. The molecule has 0 bridgehead atoms. The number of nitrogens with zero attached hydrogens (tertiary/aromatic N) is 2. The number of amides is 2. The Bertz CT molecular complexity index is 690. The fraction of sp³-hybridized carbons (Fsp3) is 0.762. The molecule has 2 aliphatic rings. The van der Waals surface area contributed by atoms with E-state index in [0.29, 0.717) is 12.1 Å². The van der Waals surface area contributed by atoms with Crippen LogP contribution in [-0.4, -0.2) is 69.7 Å². The minimum absolute atomic E-state index is 0.00964. The molecule has 9 heteroatoms. The van der Waals surface area contributed by atoms with Gasteiger partial charge in [-0.25, -0.2) is 14.4 Å². The minimum atomic E-state index is -1.03. The van der Waals surface area contributed by atoms with Crippen molar-refractivity contribution in [2.24, 2.45) is 0 Å². The van der Waals surface area contributed by atoms with Gasteiger partial charge in [-0.15, -0.1) is 0 Å². The summed E-state index contributed by atoms with van der Waals surface area (Å²) >= 11 is 0. The van der Waals surface area contributed by atoms with E-state index < -0.39 is 35.6 Å². The highest BCUT2D eigenvalue weighted by atomic mass is 16.7. The third kappa shape index (κ3) is 6.53. The highest BCUT2D eigenvalue weighted by molar-refractivity contribution is 5.74. The van der Waals surface area contributed by atoms with Crippen LogP contribution in [0, 0.1) is 0 Å². The second-order valence-corrected chi connectivity index (χ2v) is 9.62. The first kappa shape index (κ1) is 23.8. The summed E-state index contributed by atoms with van der Waals surface area (Å²) in [6.45, 7) is 10.7. The molecular formula is C21H34N2O7. The standard InChI is InChI=1S/C21H34N2O7/c1-20(2,3)29-18(26)23-14(11-12-28-19(27)30-21(4,5)6)13-22(17(24)25)15-9-7-8-10-16(15)23/h10,14-15H,7-9,11-13H2,1-6H3,(H,24,25). The fourth-order valence-electron chi connectivity index (χ4n) is 3.62. The number of carbonyl (C=O) groups is 3. The number of ether oxygens (including phenoxy) is 3. The molecule has 170 valence electrons. The van der Waals surface area contributed by atoms with E-state index in [1.807, 2.05) is 6.08 Å². The van der Waals surface area contributed by atoms with Crippen molar-refractivity contribution in [3.8, 4) is 0 Å². The van der Waals surface area contributed by atoms with E-state index >= 15 is 0 Å². The van der Waals surface area contributed by atoms with Crippen molar-refractivity contribution in [2.45, 2.75) is 90.5 Å². The van der Waals surface area contributed by atoms with Crippen LogP contribution in [0.2, 0.25) is 0 Å². The number of carboxylic acid groups (broad SMARTS) is 1. The summed E-state index contributed by atoms with van der Waals surface area (Å²) in [6, 6.07) is -0.897. The van der Waals surface area contributed by atoms with Crippen molar-refractivity contribution in [1.29, 1.82) is 0 Å². The lowest BCUT2D eigenvalue weighted by Gasteiger charge is -2.48. The van der Waals surface area contributed by atoms with E-state index in [4.69, 9.17) is 14.2 Å². The molecule has 2 atom stereocenters. The summed E-state index contributed by atoms with van der Waals surface area (Å²) in [5.41, 5.74) is -0.722. The van der Waals surface area contributed by atoms with Crippen LogP contribution in [0.15, 0.2) is 11.8 Å². The summed E-state index contributed by atoms with van der Waals surface area (Å²) in [7, 11) is 0. The van der Waals surface area contributed by atoms with Crippen LogP contribution in [0.25, 0.3) is 0 Å². The first-order chi connectivity index (χ1) is 13.8. The highest BCUT2D eigenvalue weighted by Crippen LogP contribution is 2.34. The van der Waals surface area contributed by atoms with Gasteiger partial charge < -0.3 is 19.3 Å². The Labute approximate surface area is 177 Å². The maximum atomic E-state index is 13.0. The molecule has 30 heavy (non-hydrogen) atoms. The Kier molecular flexibility index (Phi) is 7.26. The summed E-state index contributed by atoms with van der Waals surface area (Å²) in [4.78, 5) is 39.6. The molecule has 0 aromatic carbocycles. The van der Waals surface area contributed by atoms with Gasteiger partial charge in [0.15, 0.2) is 0 Å². The van der Waals surface area contributed by atoms with Crippen molar-refractivity contribution >= 4 is 18.3 Å². The maximum Gasteiger partial charge on any atom is 0.508 e. The van der Waals surface area contributed by atoms with Crippen LogP contribution >= 0.6 is 0 Å². The normalized spacial score (nSPS) is 22.0. The van der Waals surface area contributed by atoms with Gasteiger partial charge in [-0.1, -0.05) is 6.08 Å². The Balaban J connectivity index is 2.19. The SMILES string of the molecule is CC(C)(C)OC(=O)OCCC1CN(C(=O)O)C2CCCC=C2N1C(=O)OC(C)(C)C. The van der Waals surface area contributed by atoms with Crippen LogP contribution in [-0.2, 0) is 14.2 Å². The van der Waals surface area contributed by atoms with E-state index in [2.05, 4.69) is 0 Å². The Morgan fingerprint density at radius 1 is 1.10 bits per heavy atom. The smallest absolute Gasteiger partial charge is 0.465 e. The number of hydrogen-bond donors (Lipinski definition) is 1. The molecule has 2 rings (SSSR count). The molecule has 0 radical (unpaired) electrons. The van der Waals surface area contributed by atoms with Gasteiger partial charge in [-0.3, -0.25) is 9.80 Å². The van der Waals surface area contributed by atoms with Crippen molar-refractivity contribution in [1.82, 2.24) is 9.80 Å².